The predicted octanol–water partition coefficient (Wildman–Crippen LogP) is 37.3. The number of para-hydroxylation sites is 2. The lowest BCUT2D eigenvalue weighted by atomic mass is 9.96. The molecule has 0 N–H and O–H groups in total. The molecule has 0 amide bonds. The molecule has 0 aliphatic rings. The number of anilines is 9. The number of rotatable bonds is 20. The van der Waals surface area contributed by atoms with Crippen LogP contribution in [0.1, 0.15) is 0 Å². The molecular weight excluding hydrogens is 1630 g/mol. The van der Waals surface area contributed by atoms with E-state index < -0.39 is 0 Å². The molecule has 135 heavy (non-hydrogen) atoms. The van der Waals surface area contributed by atoms with Gasteiger partial charge >= 0.3 is 0 Å². The summed E-state index contributed by atoms with van der Waals surface area (Å²) >= 11 is 0. The van der Waals surface area contributed by atoms with E-state index in [-0.39, 0.29) is 0 Å². The molecule has 0 aliphatic heterocycles. The topological polar surface area (TPSA) is 9.72 Å². The summed E-state index contributed by atoms with van der Waals surface area (Å²) in [7, 11) is 0. The minimum atomic E-state index is 1.11. The molecule has 0 fully saturated rings. The fourth-order valence-corrected chi connectivity index (χ4v) is 18.5. The molecule has 3 nitrogen and oxygen atoms in total. The number of nitrogens with zero attached hydrogens (tertiary/aromatic N) is 3. The van der Waals surface area contributed by atoms with Crippen LogP contribution in [0, 0.1) is 0 Å². The Morgan fingerprint density at radius 1 is 0.0889 bits per heavy atom. The van der Waals surface area contributed by atoms with Crippen LogP contribution in [0.5, 0.6) is 0 Å². The molecule has 0 saturated carbocycles. The monoisotopic (exact) mass is 1720 g/mol. The van der Waals surface area contributed by atoms with Gasteiger partial charge in [-0.05, 0) is 282 Å². The van der Waals surface area contributed by atoms with E-state index in [0.29, 0.717) is 0 Å². The van der Waals surface area contributed by atoms with Gasteiger partial charge in [-0.3, -0.25) is 0 Å². The number of hydrogen-bond acceptors (Lipinski definition) is 3. The van der Waals surface area contributed by atoms with Crippen LogP contribution >= 0.6 is 0 Å². The molecule has 23 aromatic rings. The first-order valence-corrected chi connectivity index (χ1v) is 46.2. The Balaban J connectivity index is 0.000000122. The van der Waals surface area contributed by atoms with Crippen molar-refractivity contribution in [3.05, 3.63) is 576 Å². The van der Waals surface area contributed by atoms with E-state index in [1.54, 1.807) is 0 Å². The molecule has 0 saturated heterocycles. The average molecular weight is 1720 g/mol. The zero-order valence-electron chi connectivity index (χ0n) is 74.7. The van der Waals surface area contributed by atoms with Crippen molar-refractivity contribution in [3.8, 4) is 122 Å². The van der Waals surface area contributed by atoms with Crippen LogP contribution in [0.25, 0.3) is 155 Å². The van der Waals surface area contributed by atoms with Crippen LogP contribution in [-0.4, -0.2) is 0 Å². The van der Waals surface area contributed by atoms with Gasteiger partial charge in [0.1, 0.15) is 0 Å². The fourth-order valence-electron chi connectivity index (χ4n) is 18.5. The lowest BCUT2D eigenvalue weighted by Crippen LogP contribution is -2.09. The smallest absolute Gasteiger partial charge is 0.0462 e. The summed E-state index contributed by atoms with van der Waals surface area (Å²) in [6.07, 6.45) is 0. The van der Waals surface area contributed by atoms with Gasteiger partial charge in [0, 0.05) is 51.2 Å². The molecule has 0 atom stereocenters. The van der Waals surface area contributed by atoms with Crippen molar-refractivity contribution in [2.45, 2.75) is 0 Å². The lowest BCUT2D eigenvalue weighted by molar-refractivity contribution is 1.28. The summed E-state index contributed by atoms with van der Waals surface area (Å²) in [6, 6.07) is 206. The van der Waals surface area contributed by atoms with Gasteiger partial charge in [-0.1, -0.05) is 449 Å². The van der Waals surface area contributed by atoms with Gasteiger partial charge in [0.05, 0.1) is 0 Å². The number of hydrogen-bond donors (Lipinski definition) is 0. The first-order chi connectivity index (χ1) is 66.9. The van der Waals surface area contributed by atoms with E-state index in [0.717, 1.165) is 51.2 Å². The number of fused-ring (bicyclic) bond motifs is 3. The molecule has 23 aromatic carbocycles. The molecule has 0 radical (unpaired) electrons. The second-order valence-corrected chi connectivity index (χ2v) is 33.9. The van der Waals surface area contributed by atoms with E-state index >= 15 is 0 Å². The Labute approximate surface area is 791 Å². The molecule has 0 unspecified atom stereocenters. The summed E-state index contributed by atoms with van der Waals surface area (Å²) in [5.41, 5.74) is 36.9. The van der Waals surface area contributed by atoms with Crippen molar-refractivity contribution in [1.29, 1.82) is 0 Å². The minimum Gasteiger partial charge on any atom is -0.311 e. The van der Waals surface area contributed by atoms with E-state index in [4.69, 9.17) is 0 Å². The third kappa shape index (κ3) is 18.9. The van der Waals surface area contributed by atoms with Crippen molar-refractivity contribution in [2.75, 3.05) is 14.7 Å². The van der Waals surface area contributed by atoms with Gasteiger partial charge in [-0.2, -0.15) is 0 Å². The SMILES string of the molecule is c1ccc(-c2ccc(N(c3ccc(-c4cccc(-c5ccccc5)c4)cc3)c3ccc(-c4cccc5ccccc45)cc3)cc2)cc1.c1ccc(-c2cccc(-c3ccc(N(c4ccccc4)c4ccc(-c5ccc(-c6cccc7ccccc67)cc5)cc4)cc3)c2)cc1.c1ccc(-c2cccc(-c3ccc(N(c4ccccc4)c4ccc(-c5cccc6ccccc56)cc4)cc3)c2)cc1. The van der Waals surface area contributed by atoms with Crippen molar-refractivity contribution < 1.29 is 0 Å². The third-order valence-electron chi connectivity index (χ3n) is 25.4. The van der Waals surface area contributed by atoms with Gasteiger partial charge in [-0.25, -0.2) is 0 Å². The molecule has 0 spiro atoms. The van der Waals surface area contributed by atoms with E-state index in [1.165, 1.54) is 155 Å². The summed E-state index contributed by atoms with van der Waals surface area (Å²) in [5, 5.41) is 7.59. The quantitative estimate of drug-likeness (QED) is 0.0753. The van der Waals surface area contributed by atoms with Crippen molar-refractivity contribution >= 4 is 83.5 Å². The third-order valence-corrected chi connectivity index (χ3v) is 25.4. The van der Waals surface area contributed by atoms with Gasteiger partial charge < -0.3 is 14.7 Å². The molecule has 23 rings (SSSR count). The number of benzene rings is 23. The molecule has 0 aromatic heterocycles. The van der Waals surface area contributed by atoms with Crippen LogP contribution in [0.4, 0.5) is 51.2 Å². The van der Waals surface area contributed by atoms with Crippen LogP contribution in [0.3, 0.4) is 0 Å². The van der Waals surface area contributed by atoms with Crippen LogP contribution in [0.2, 0.25) is 0 Å². The van der Waals surface area contributed by atoms with Crippen molar-refractivity contribution in [1.82, 2.24) is 0 Å². The molecule has 3 heteroatoms. The zero-order valence-corrected chi connectivity index (χ0v) is 74.7. The van der Waals surface area contributed by atoms with E-state index in [1.807, 2.05) is 0 Å². The molecule has 638 valence electrons. The molecular formula is C132H95N3. The van der Waals surface area contributed by atoms with Gasteiger partial charge in [0.15, 0.2) is 0 Å². The Morgan fingerprint density at radius 2 is 0.230 bits per heavy atom. The predicted molar refractivity (Wildman–Crippen MR) is 576 cm³/mol. The zero-order chi connectivity index (χ0) is 90.3. The van der Waals surface area contributed by atoms with E-state index in [9.17, 15) is 0 Å². The second-order valence-electron chi connectivity index (χ2n) is 33.9. The standard InChI is InChI=1S/2C46H33N.C40H29N/c1-3-11-34(12-4-1)40-15-9-16-41(33-40)37-27-31-44(32-28-37)47(42-17-5-2-6-18-42)43-29-25-36(26-30-43)35-21-23-39(24-22-35)46-20-10-14-38-13-7-8-19-45(38)46;1-3-11-34(12-4-1)36-21-27-42(28-22-36)47(44-31-25-39(26-32-44)46-20-10-16-38-15-7-8-19-45(38)46)43-29-23-37(24-30-43)41-18-9-17-40(33-41)35-13-5-2-6-14-35;1-3-11-30(12-4-1)34-15-9-16-35(29-34)31-21-25-37(26-22-31)41(36-17-5-2-6-18-36)38-27-23-33(24-28-38)40-20-10-14-32-13-7-8-19-39(32)40/h2*1-33H;1-29H. The summed E-state index contributed by atoms with van der Waals surface area (Å²) in [5.74, 6) is 0. The highest BCUT2D eigenvalue weighted by molar-refractivity contribution is 6.00. The summed E-state index contributed by atoms with van der Waals surface area (Å²) in [4.78, 5) is 6.97. The second kappa shape index (κ2) is 39.7. The maximum absolute atomic E-state index is 2.34. The van der Waals surface area contributed by atoms with Gasteiger partial charge in [-0.15, -0.1) is 0 Å². The van der Waals surface area contributed by atoms with Crippen LogP contribution in [0.15, 0.2) is 576 Å². The Bertz CT molecular complexity index is 7900. The highest BCUT2D eigenvalue weighted by Gasteiger charge is 2.20. The van der Waals surface area contributed by atoms with Crippen molar-refractivity contribution in [2.24, 2.45) is 0 Å². The lowest BCUT2D eigenvalue weighted by Gasteiger charge is -2.26. The maximum Gasteiger partial charge on any atom is 0.0462 e. The molecule has 0 bridgehead atoms. The minimum absolute atomic E-state index is 1.11. The Hall–Kier alpha value is -17.8. The first-order valence-electron chi connectivity index (χ1n) is 46.2. The molecule has 0 aliphatic carbocycles. The average Bonchev–Trinajstić information content (AvgIpc) is 0.926. The summed E-state index contributed by atoms with van der Waals surface area (Å²) in [6.45, 7) is 0. The largest absolute Gasteiger partial charge is 0.311 e. The highest BCUT2D eigenvalue weighted by atomic mass is 15.2. The van der Waals surface area contributed by atoms with Gasteiger partial charge in [0.2, 0.25) is 0 Å². The Morgan fingerprint density at radius 3 is 0.467 bits per heavy atom. The van der Waals surface area contributed by atoms with Crippen LogP contribution < -0.4 is 14.7 Å². The summed E-state index contributed by atoms with van der Waals surface area (Å²) < 4.78 is 0. The van der Waals surface area contributed by atoms with Crippen LogP contribution in [-0.2, 0) is 0 Å². The van der Waals surface area contributed by atoms with E-state index in [2.05, 4.69) is 591 Å². The fraction of sp³-hybridized carbons (Fsp3) is 0. The maximum atomic E-state index is 2.34. The van der Waals surface area contributed by atoms with Gasteiger partial charge in [0.25, 0.3) is 0 Å². The highest BCUT2D eigenvalue weighted by Crippen LogP contribution is 2.44. The Kier molecular flexibility index (Phi) is 24.7. The normalized spacial score (nSPS) is 11.0. The van der Waals surface area contributed by atoms with Crippen molar-refractivity contribution in [3.63, 3.8) is 0 Å². The molecule has 0 heterocycles. The first kappa shape index (κ1) is 84.1.